The number of hydrogen-bond donors (Lipinski definition) is 3. The molecule has 0 aromatic carbocycles. The third-order valence-electron chi connectivity index (χ3n) is 1.49. The monoisotopic (exact) mass is 195 g/mol. The van der Waals surface area contributed by atoms with Crippen molar-refractivity contribution in [3.8, 4) is 0 Å². The fourth-order valence-electron chi connectivity index (χ4n) is 0.783. The highest BCUT2D eigenvalue weighted by molar-refractivity contribution is 5.90. The molecule has 0 aliphatic rings. The summed E-state index contributed by atoms with van der Waals surface area (Å²) in [5.41, 5.74) is 5.03. The van der Waals surface area contributed by atoms with Gasteiger partial charge in [-0.05, 0) is 6.92 Å². The number of aliphatic hydroxyl groups excluding tert-OH is 1. The van der Waals surface area contributed by atoms with Gasteiger partial charge in [-0.1, -0.05) is 0 Å². The predicted molar refractivity (Wildman–Crippen MR) is 49.6 cm³/mol. The molecule has 6 nitrogen and oxygen atoms in total. The van der Waals surface area contributed by atoms with E-state index in [0.29, 0.717) is 0 Å². The van der Waals surface area contributed by atoms with Gasteiger partial charge in [-0.15, -0.1) is 0 Å². The summed E-state index contributed by atoms with van der Waals surface area (Å²) in [7, 11) is 0. The van der Waals surface area contributed by atoms with Gasteiger partial charge in [0.25, 0.3) is 5.91 Å². The van der Waals surface area contributed by atoms with Gasteiger partial charge in [0.05, 0.1) is 6.61 Å². The van der Waals surface area contributed by atoms with E-state index < -0.39 is 5.91 Å². The Morgan fingerprint density at radius 2 is 2.57 bits per heavy atom. The van der Waals surface area contributed by atoms with Crippen molar-refractivity contribution in [3.63, 3.8) is 0 Å². The van der Waals surface area contributed by atoms with E-state index in [0.717, 1.165) is 0 Å². The largest absolute Gasteiger partial charge is 0.394 e. The van der Waals surface area contributed by atoms with Crippen molar-refractivity contribution in [3.05, 3.63) is 18.0 Å². The maximum Gasteiger partial charge on any atom is 0.268 e. The van der Waals surface area contributed by atoms with E-state index >= 15 is 0 Å². The molecule has 0 unspecified atom stereocenters. The molecule has 0 saturated heterocycles. The number of anilines is 1. The maximum atomic E-state index is 10.7. The van der Waals surface area contributed by atoms with Gasteiger partial charge in [-0.25, -0.2) is 9.97 Å². The minimum absolute atomic E-state index is 0.0210. The van der Waals surface area contributed by atoms with Crippen LogP contribution in [0.15, 0.2) is 6.20 Å². The molecule has 1 heterocycles. The molecular formula is C8H11N4O2. The molecule has 1 rings (SSSR count). The molecule has 4 N–H and O–H groups in total. The summed E-state index contributed by atoms with van der Waals surface area (Å²) in [6.07, 6.45) is 1.31. The van der Waals surface area contributed by atoms with Crippen LogP contribution >= 0.6 is 0 Å². The first-order valence-electron chi connectivity index (χ1n) is 4.05. The zero-order chi connectivity index (χ0) is 10.6. The highest BCUT2D eigenvalue weighted by Crippen LogP contribution is 2.00. The van der Waals surface area contributed by atoms with Crippen molar-refractivity contribution in [2.24, 2.45) is 5.73 Å². The lowest BCUT2D eigenvalue weighted by Crippen LogP contribution is -2.22. The van der Waals surface area contributed by atoms with Crippen molar-refractivity contribution < 1.29 is 9.90 Å². The first kappa shape index (κ1) is 10.4. The smallest absolute Gasteiger partial charge is 0.268 e. The number of amides is 1. The number of nitrogens with two attached hydrogens (primary N) is 1. The highest BCUT2D eigenvalue weighted by Gasteiger charge is 2.06. The van der Waals surface area contributed by atoms with Crippen LogP contribution in [0.2, 0.25) is 0 Å². The molecule has 75 valence electrons. The number of carbonyl (C=O) groups is 1. The van der Waals surface area contributed by atoms with Crippen molar-refractivity contribution in [2.75, 3.05) is 11.9 Å². The van der Waals surface area contributed by atoms with Gasteiger partial charge in [0, 0.05) is 18.3 Å². The van der Waals surface area contributed by atoms with Crippen molar-refractivity contribution in [2.45, 2.75) is 13.0 Å². The second kappa shape index (κ2) is 4.52. The van der Waals surface area contributed by atoms with Gasteiger partial charge in [0.1, 0.15) is 5.69 Å². The fourth-order valence-corrected chi connectivity index (χ4v) is 0.783. The number of nitrogens with zero attached hydrogens (tertiary/aromatic N) is 2. The van der Waals surface area contributed by atoms with Crippen LogP contribution in [0, 0.1) is 6.07 Å². The highest BCUT2D eigenvalue weighted by atomic mass is 16.3. The normalized spacial score (nSPS) is 12.1. The minimum Gasteiger partial charge on any atom is -0.394 e. The van der Waals surface area contributed by atoms with Gasteiger partial charge >= 0.3 is 0 Å². The molecule has 1 aromatic rings. The van der Waals surface area contributed by atoms with E-state index in [4.69, 9.17) is 10.8 Å². The molecule has 0 aliphatic carbocycles. The summed E-state index contributed by atoms with van der Waals surface area (Å²) >= 11 is 0. The molecule has 1 atom stereocenters. The lowest BCUT2D eigenvalue weighted by Gasteiger charge is -2.09. The summed E-state index contributed by atoms with van der Waals surface area (Å²) in [5.74, 6) is -0.411. The number of hydrogen-bond acceptors (Lipinski definition) is 5. The van der Waals surface area contributed by atoms with Crippen LogP contribution in [-0.4, -0.2) is 33.6 Å². The Morgan fingerprint density at radius 1 is 1.86 bits per heavy atom. The van der Waals surface area contributed by atoms with Crippen molar-refractivity contribution >= 4 is 11.9 Å². The van der Waals surface area contributed by atoms with Crippen LogP contribution in [-0.2, 0) is 0 Å². The molecule has 14 heavy (non-hydrogen) atoms. The van der Waals surface area contributed by atoms with E-state index in [1.807, 2.05) is 0 Å². The first-order valence-corrected chi connectivity index (χ1v) is 4.05. The van der Waals surface area contributed by atoms with Crippen LogP contribution in [0.3, 0.4) is 0 Å². The lowest BCUT2D eigenvalue weighted by atomic mass is 10.3. The predicted octanol–water partition coefficient (Wildman–Crippen LogP) is -0.832. The standard InChI is InChI=1S/C8H11N4O2/c1-5(4-13)11-8-10-3-2-6(12-8)7(9)14/h3,5,13H,4H2,1H3,(H2,9,14)(H,10,11,12)/t5-/m0/s1. The number of carbonyl (C=O) groups excluding carboxylic acids is 1. The van der Waals surface area contributed by atoms with E-state index in [9.17, 15) is 4.79 Å². The summed E-state index contributed by atoms with van der Waals surface area (Å²) in [5, 5.41) is 11.5. The fraction of sp³-hybridized carbons (Fsp3) is 0.375. The van der Waals surface area contributed by atoms with Crippen molar-refractivity contribution in [1.82, 2.24) is 9.97 Å². The van der Waals surface area contributed by atoms with E-state index in [-0.39, 0.29) is 24.3 Å². The average molecular weight is 195 g/mol. The molecule has 0 fully saturated rings. The Balaban J connectivity index is 2.78. The number of primary amides is 1. The molecule has 6 heteroatoms. The Morgan fingerprint density at radius 3 is 3.14 bits per heavy atom. The molecular weight excluding hydrogens is 184 g/mol. The Labute approximate surface area is 81.2 Å². The van der Waals surface area contributed by atoms with Gasteiger partial charge in [-0.2, -0.15) is 0 Å². The van der Waals surface area contributed by atoms with Crippen LogP contribution in [0.1, 0.15) is 17.4 Å². The first-order chi connectivity index (χ1) is 6.63. The molecule has 0 aliphatic heterocycles. The Kier molecular flexibility index (Phi) is 3.35. The number of nitrogens with one attached hydrogen (secondary N) is 1. The van der Waals surface area contributed by atoms with Gasteiger partial charge in [0.15, 0.2) is 0 Å². The zero-order valence-corrected chi connectivity index (χ0v) is 7.69. The van der Waals surface area contributed by atoms with Crippen LogP contribution in [0.5, 0.6) is 0 Å². The van der Waals surface area contributed by atoms with Crippen molar-refractivity contribution in [1.29, 1.82) is 0 Å². The van der Waals surface area contributed by atoms with E-state index in [2.05, 4.69) is 21.4 Å². The molecule has 0 bridgehead atoms. The molecule has 0 spiro atoms. The van der Waals surface area contributed by atoms with Crippen LogP contribution in [0.25, 0.3) is 0 Å². The summed E-state index contributed by atoms with van der Waals surface area (Å²) in [6.45, 7) is 1.71. The number of rotatable bonds is 4. The SMILES string of the molecule is C[C@@H](CO)Nc1nc[c]c(C(N)=O)n1. The molecule has 1 aromatic heterocycles. The molecule has 1 radical (unpaired) electrons. The quantitative estimate of drug-likeness (QED) is 0.582. The van der Waals surface area contributed by atoms with Gasteiger partial charge < -0.3 is 16.2 Å². The lowest BCUT2D eigenvalue weighted by molar-refractivity contribution is 0.0995. The molecule has 0 saturated carbocycles. The minimum atomic E-state index is -0.660. The van der Waals surface area contributed by atoms with Gasteiger partial charge in [0.2, 0.25) is 5.95 Å². The summed E-state index contributed by atoms with van der Waals surface area (Å²) < 4.78 is 0. The zero-order valence-electron chi connectivity index (χ0n) is 7.69. The van der Waals surface area contributed by atoms with Crippen LogP contribution < -0.4 is 11.1 Å². The third-order valence-corrected chi connectivity index (χ3v) is 1.49. The summed E-state index contributed by atoms with van der Waals surface area (Å²) in [4.78, 5) is 18.3. The molecule has 1 amide bonds. The topological polar surface area (TPSA) is 101 Å². The van der Waals surface area contributed by atoms with Gasteiger partial charge in [-0.3, -0.25) is 4.79 Å². The number of aromatic nitrogens is 2. The Bertz CT molecular complexity index is 329. The second-order valence-electron chi connectivity index (χ2n) is 2.78. The van der Waals surface area contributed by atoms with E-state index in [1.54, 1.807) is 6.92 Å². The second-order valence-corrected chi connectivity index (χ2v) is 2.78. The maximum absolute atomic E-state index is 10.7. The number of aliphatic hydroxyl groups is 1. The van der Waals surface area contributed by atoms with E-state index in [1.165, 1.54) is 6.20 Å². The third kappa shape index (κ3) is 2.67. The Hall–Kier alpha value is -1.69. The van der Waals surface area contributed by atoms with Crippen LogP contribution in [0.4, 0.5) is 5.95 Å². The average Bonchev–Trinajstić information content (AvgIpc) is 2.18. The summed E-state index contributed by atoms with van der Waals surface area (Å²) in [6, 6.07) is 2.32.